The molecule has 0 aromatic carbocycles. The van der Waals surface area contributed by atoms with Crippen LogP contribution in [0.1, 0.15) is 40.0 Å². The Bertz CT molecular complexity index is 372. The molecule has 0 unspecified atom stereocenters. The van der Waals surface area contributed by atoms with Gasteiger partial charge in [-0.15, -0.1) is 0 Å². The van der Waals surface area contributed by atoms with E-state index in [9.17, 15) is 18.9 Å². The van der Waals surface area contributed by atoms with E-state index in [1.165, 1.54) is 0 Å². The number of hydrogen-bond donors (Lipinski definition) is 0. The molecule has 8 heteroatoms. The van der Waals surface area contributed by atoms with Gasteiger partial charge in [-0.05, 0) is 20.8 Å². The van der Waals surface area contributed by atoms with E-state index in [-0.39, 0.29) is 57.6 Å². The fraction of sp³-hybridized carbons (Fsp3) is 0.800. The van der Waals surface area contributed by atoms with Crippen LogP contribution in [0.25, 0.3) is 0 Å². The molecule has 23 heavy (non-hydrogen) atoms. The topological polar surface area (TPSA) is 96.0 Å². The van der Waals surface area contributed by atoms with Gasteiger partial charge in [0.25, 0.3) is 0 Å². The van der Waals surface area contributed by atoms with E-state index in [0.29, 0.717) is 0 Å². The fourth-order valence-corrected chi connectivity index (χ4v) is 4.36. The monoisotopic (exact) mass is 350 g/mol. The first-order valence-electron chi connectivity index (χ1n) is 7.90. The Morgan fingerprint density at radius 1 is 0.652 bits per heavy atom. The molecule has 0 fully saturated rings. The summed E-state index contributed by atoms with van der Waals surface area (Å²) in [5, 5.41) is 0. The molecule has 0 aromatic rings. The SMILES string of the molecule is CCOC(=O)CCP(=O)(CCC(=O)OCC)CCC(=O)OCC. The summed E-state index contributed by atoms with van der Waals surface area (Å²) in [6.45, 7) is 5.86. The second kappa shape index (κ2) is 12.1. The van der Waals surface area contributed by atoms with Crippen LogP contribution in [0.5, 0.6) is 0 Å². The van der Waals surface area contributed by atoms with Gasteiger partial charge in [-0.2, -0.15) is 0 Å². The van der Waals surface area contributed by atoms with Gasteiger partial charge in [0.2, 0.25) is 0 Å². The van der Waals surface area contributed by atoms with Gasteiger partial charge in [-0.3, -0.25) is 14.4 Å². The van der Waals surface area contributed by atoms with Crippen molar-refractivity contribution in [1.82, 2.24) is 0 Å². The zero-order chi connectivity index (χ0) is 17.7. The predicted octanol–water partition coefficient (Wildman–Crippen LogP) is 2.21. The third-order valence-corrected chi connectivity index (χ3v) is 6.20. The molecule has 0 atom stereocenters. The first-order valence-corrected chi connectivity index (χ1v) is 10.2. The summed E-state index contributed by atoms with van der Waals surface area (Å²) in [5.74, 6) is -1.29. The van der Waals surface area contributed by atoms with Crippen LogP contribution in [-0.4, -0.2) is 56.2 Å². The maximum atomic E-state index is 12.9. The maximum Gasteiger partial charge on any atom is 0.306 e. The van der Waals surface area contributed by atoms with Gasteiger partial charge in [0, 0.05) is 18.5 Å². The second-order valence-corrected chi connectivity index (χ2v) is 8.35. The van der Waals surface area contributed by atoms with Gasteiger partial charge in [0.15, 0.2) is 0 Å². The number of esters is 3. The molecule has 0 spiro atoms. The van der Waals surface area contributed by atoms with E-state index >= 15 is 0 Å². The van der Waals surface area contributed by atoms with Crippen LogP contribution in [0.15, 0.2) is 0 Å². The number of carbonyl (C=O) groups is 3. The van der Waals surface area contributed by atoms with Crippen molar-refractivity contribution in [1.29, 1.82) is 0 Å². The third-order valence-electron chi connectivity index (χ3n) is 3.09. The number of hydrogen-bond acceptors (Lipinski definition) is 7. The zero-order valence-corrected chi connectivity index (χ0v) is 15.1. The first kappa shape index (κ1) is 21.6. The normalized spacial score (nSPS) is 10.9. The van der Waals surface area contributed by atoms with Crippen molar-refractivity contribution >= 4 is 25.0 Å². The molecule has 0 aromatic heterocycles. The highest BCUT2D eigenvalue weighted by atomic mass is 31.2. The molecular formula is C15H27O7P. The molecule has 0 radical (unpaired) electrons. The minimum absolute atomic E-state index is 0.0107. The van der Waals surface area contributed by atoms with Crippen molar-refractivity contribution in [2.75, 3.05) is 38.3 Å². The Balaban J connectivity index is 4.61. The van der Waals surface area contributed by atoms with Gasteiger partial charge in [-0.1, -0.05) is 0 Å². The first-order chi connectivity index (χ1) is 10.9. The van der Waals surface area contributed by atoms with Crippen molar-refractivity contribution in [3.63, 3.8) is 0 Å². The molecule has 0 saturated carbocycles. The Hall–Kier alpha value is -1.36. The van der Waals surface area contributed by atoms with E-state index in [1.807, 2.05) is 0 Å². The molecule has 0 N–H and O–H groups in total. The van der Waals surface area contributed by atoms with E-state index in [0.717, 1.165) is 0 Å². The lowest BCUT2D eigenvalue weighted by molar-refractivity contribution is -0.143. The Morgan fingerprint density at radius 2 is 0.913 bits per heavy atom. The molecule has 0 heterocycles. The van der Waals surface area contributed by atoms with Crippen LogP contribution in [0.3, 0.4) is 0 Å². The summed E-state index contributed by atoms with van der Waals surface area (Å²) in [4.78, 5) is 34.3. The number of carbonyl (C=O) groups excluding carboxylic acids is 3. The lowest BCUT2D eigenvalue weighted by Crippen LogP contribution is -2.14. The quantitative estimate of drug-likeness (QED) is 0.302. The lowest BCUT2D eigenvalue weighted by atomic mass is 10.5. The van der Waals surface area contributed by atoms with Crippen LogP contribution in [-0.2, 0) is 33.2 Å². The lowest BCUT2D eigenvalue weighted by Gasteiger charge is -2.17. The maximum absolute atomic E-state index is 12.9. The standard InChI is InChI=1S/C15H27O7P/c1-4-20-13(16)7-10-23(19,11-8-14(17)21-5-2)12-9-15(18)22-6-3/h4-12H2,1-3H3. The molecule has 134 valence electrons. The molecule has 0 aliphatic rings. The minimum atomic E-state index is -2.85. The second-order valence-electron chi connectivity index (χ2n) is 4.89. The Morgan fingerprint density at radius 3 is 1.13 bits per heavy atom. The molecule has 0 amide bonds. The average Bonchev–Trinajstić information content (AvgIpc) is 2.50. The summed E-state index contributed by atoms with van der Waals surface area (Å²) < 4.78 is 27.4. The van der Waals surface area contributed by atoms with Gasteiger partial charge >= 0.3 is 17.9 Å². The minimum Gasteiger partial charge on any atom is -0.466 e. The van der Waals surface area contributed by atoms with Gasteiger partial charge < -0.3 is 18.8 Å². The Kier molecular flexibility index (Phi) is 11.4. The van der Waals surface area contributed by atoms with E-state index in [1.54, 1.807) is 20.8 Å². The third kappa shape index (κ3) is 10.9. The largest absolute Gasteiger partial charge is 0.466 e. The van der Waals surface area contributed by atoms with Crippen LogP contribution in [0.2, 0.25) is 0 Å². The van der Waals surface area contributed by atoms with E-state index < -0.39 is 25.0 Å². The number of rotatable bonds is 12. The molecular weight excluding hydrogens is 323 g/mol. The highest BCUT2D eigenvalue weighted by molar-refractivity contribution is 7.64. The molecule has 0 aliphatic carbocycles. The molecule has 7 nitrogen and oxygen atoms in total. The van der Waals surface area contributed by atoms with Crippen molar-refractivity contribution in [2.45, 2.75) is 40.0 Å². The van der Waals surface area contributed by atoms with Crippen molar-refractivity contribution in [2.24, 2.45) is 0 Å². The molecule has 0 aliphatic heterocycles. The average molecular weight is 350 g/mol. The van der Waals surface area contributed by atoms with Crippen LogP contribution < -0.4 is 0 Å². The van der Waals surface area contributed by atoms with Crippen molar-refractivity contribution in [3.8, 4) is 0 Å². The highest BCUT2D eigenvalue weighted by Gasteiger charge is 2.26. The van der Waals surface area contributed by atoms with Crippen LogP contribution in [0, 0.1) is 0 Å². The zero-order valence-electron chi connectivity index (χ0n) is 14.2. The van der Waals surface area contributed by atoms with Crippen LogP contribution in [0.4, 0.5) is 0 Å². The summed E-state index contributed by atoms with van der Waals surface area (Å²) in [5.41, 5.74) is 0. The van der Waals surface area contributed by atoms with Gasteiger partial charge in [-0.25, -0.2) is 0 Å². The predicted molar refractivity (Wildman–Crippen MR) is 86.0 cm³/mol. The summed E-state index contributed by atoms with van der Waals surface area (Å²) in [7, 11) is -2.85. The van der Waals surface area contributed by atoms with Crippen LogP contribution >= 0.6 is 7.14 Å². The van der Waals surface area contributed by atoms with E-state index in [2.05, 4.69) is 0 Å². The van der Waals surface area contributed by atoms with Crippen molar-refractivity contribution < 1.29 is 33.2 Å². The van der Waals surface area contributed by atoms with Gasteiger partial charge in [0.05, 0.1) is 46.2 Å². The smallest absolute Gasteiger partial charge is 0.306 e. The fourth-order valence-electron chi connectivity index (χ4n) is 1.92. The number of ether oxygens (including phenoxy) is 3. The highest BCUT2D eigenvalue weighted by Crippen LogP contribution is 2.47. The molecule has 0 bridgehead atoms. The summed E-state index contributed by atoms with van der Waals surface area (Å²) >= 11 is 0. The molecule has 0 saturated heterocycles. The Labute approximate surface area is 137 Å². The molecule has 0 rings (SSSR count). The summed E-state index contributed by atoms with van der Waals surface area (Å²) in [6.07, 6.45) is 0.379. The van der Waals surface area contributed by atoms with E-state index in [4.69, 9.17) is 14.2 Å². The summed E-state index contributed by atoms with van der Waals surface area (Å²) in [6, 6.07) is 0. The van der Waals surface area contributed by atoms with Gasteiger partial charge in [0.1, 0.15) is 0 Å². The van der Waals surface area contributed by atoms with Crippen molar-refractivity contribution in [3.05, 3.63) is 0 Å².